The van der Waals surface area contributed by atoms with Crippen LogP contribution < -0.4 is 15.4 Å². The summed E-state index contributed by atoms with van der Waals surface area (Å²) in [5.74, 6) is 0.572. The van der Waals surface area contributed by atoms with Gasteiger partial charge < -0.3 is 15.4 Å². The van der Waals surface area contributed by atoms with E-state index < -0.39 is 0 Å². The fourth-order valence-electron chi connectivity index (χ4n) is 1.97. The number of carbonyl (C=O) groups is 1. The Bertz CT molecular complexity index is 372. The summed E-state index contributed by atoms with van der Waals surface area (Å²) in [6, 6.07) is 9.11. The van der Waals surface area contributed by atoms with Crippen LogP contribution in [0.3, 0.4) is 0 Å². The molecule has 0 radical (unpaired) electrons. The number of amides is 1. The molecular weight excluding hydrogens is 216 g/mol. The van der Waals surface area contributed by atoms with Crippen LogP contribution in [0, 0.1) is 0 Å². The summed E-state index contributed by atoms with van der Waals surface area (Å²) in [4.78, 5) is 11.7. The fraction of sp³-hybridized carbons (Fsp3) is 0.462. The number of para-hydroxylation sites is 1. The number of ether oxygens (including phenoxy) is 1. The Balaban J connectivity index is 1.88. The van der Waals surface area contributed by atoms with Gasteiger partial charge in [-0.1, -0.05) is 18.2 Å². The molecule has 1 aliphatic heterocycles. The third-order valence-corrected chi connectivity index (χ3v) is 3.06. The van der Waals surface area contributed by atoms with E-state index in [0.29, 0.717) is 5.75 Å². The van der Waals surface area contributed by atoms with Crippen molar-refractivity contribution in [3.05, 3.63) is 30.3 Å². The van der Waals surface area contributed by atoms with Gasteiger partial charge in [0.25, 0.3) is 0 Å². The van der Waals surface area contributed by atoms with E-state index in [1.165, 1.54) is 0 Å². The molecule has 92 valence electrons. The number of rotatable bonds is 2. The van der Waals surface area contributed by atoms with Crippen LogP contribution in [0.15, 0.2) is 30.3 Å². The summed E-state index contributed by atoms with van der Waals surface area (Å²) in [5.41, 5.74) is -0.156. The summed E-state index contributed by atoms with van der Waals surface area (Å²) in [6.07, 6.45) is 1.48. The number of hydrogen-bond acceptors (Lipinski definition) is 3. The molecule has 0 spiro atoms. The maximum absolute atomic E-state index is 11.7. The van der Waals surface area contributed by atoms with E-state index >= 15 is 0 Å². The largest absolute Gasteiger partial charge is 0.413 e. The van der Waals surface area contributed by atoms with Gasteiger partial charge in [0.1, 0.15) is 5.75 Å². The van der Waals surface area contributed by atoms with Crippen molar-refractivity contribution >= 4 is 6.09 Å². The van der Waals surface area contributed by atoms with E-state index in [-0.39, 0.29) is 11.6 Å². The summed E-state index contributed by atoms with van der Waals surface area (Å²) < 4.78 is 5.21. The van der Waals surface area contributed by atoms with Gasteiger partial charge in [-0.15, -0.1) is 0 Å². The lowest BCUT2D eigenvalue weighted by Crippen LogP contribution is -2.53. The van der Waals surface area contributed by atoms with Crippen molar-refractivity contribution in [1.29, 1.82) is 0 Å². The van der Waals surface area contributed by atoms with Crippen LogP contribution in [-0.4, -0.2) is 24.7 Å². The first kappa shape index (κ1) is 11.9. The molecule has 4 nitrogen and oxygen atoms in total. The lowest BCUT2D eigenvalue weighted by atomic mass is 9.91. The van der Waals surface area contributed by atoms with Crippen LogP contribution in [0.4, 0.5) is 4.79 Å². The minimum Gasteiger partial charge on any atom is -0.410 e. The normalized spacial score (nSPS) is 18.4. The highest BCUT2D eigenvalue weighted by atomic mass is 16.6. The van der Waals surface area contributed by atoms with Gasteiger partial charge >= 0.3 is 6.09 Å². The third-order valence-electron chi connectivity index (χ3n) is 3.06. The summed E-state index contributed by atoms with van der Waals surface area (Å²) in [5, 5.41) is 6.21. The van der Waals surface area contributed by atoms with E-state index in [0.717, 1.165) is 25.9 Å². The second kappa shape index (κ2) is 5.19. The molecule has 2 N–H and O–H groups in total. The molecule has 2 rings (SSSR count). The molecule has 1 aromatic carbocycles. The van der Waals surface area contributed by atoms with Crippen molar-refractivity contribution in [2.24, 2.45) is 0 Å². The Labute approximate surface area is 101 Å². The quantitative estimate of drug-likeness (QED) is 0.822. The average molecular weight is 234 g/mol. The molecule has 1 fully saturated rings. The average Bonchev–Trinajstić information content (AvgIpc) is 2.30. The van der Waals surface area contributed by atoms with Gasteiger partial charge in [-0.25, -0.2) is 4.79 Å². The Morgan fingerprint density at radius 3 is 2.59 bits per heavy atom. The van der Waals surface area contributed by atoms with E-state index in [1.807, 2.05) is 18.2 Å². The fourth-order valence-corrected chi connectivity index (χ4v) is 1.97. The maximum Gasteiger partial charge on any atom is 0.413 e. The Morgan fingerprint density at radius 1 is 1.29 bits per heavy atom. The molecule has 4 heteroatoms. The van der Waals surface area contributed by atoms with E-state index in [4.69, 9.17) is 4.74 Å². The zero-order valence-electron chi connectivity index (χ0n) is 10.0. The lowest BCUT2D eigenvalue weighted by molar-refractivity contribution is 0.176. The third kappa shape index (κ3) is 3.46. The number of piperidine rings is 1. The topological polar surface area (TPSA) is 50.4 Å². The molecule has 0 bridgehead atoms. The maximum atomic E-state index is 11.7. The van der Waals surface area contributed by atoms with Gasteiger partial charge in [0.2, 0.25) is 0 Å². The van der Waals surface area contributed by atoms with Crippen molar-refractivity contribution in [1.82, 2.24) is 10.6 Å². The second-order valence-corrected chi connectivity index (χ2v) is 4.64. The smallest absolute Gasteiger partial charge is 0.410 e. The van der Waals surface area contributed by atoms with Crippen LogP contribution in [0.1, 0.15) is 19.8 Å². The molecule has 1 aliphatic rings. The Morgan fingerprint density at radius 2 is 1.94 bits per heavy atom. The minimum absolute atomic E-state index is 0.156. The van der Waals surface area contributed by atoms with Crippen LogP contribution in [0.25, 0.3) is 0 Å². The number of nitrogens with one attached hydrogen (secondary N) is 2. The van der Waals surface area contributed by atoms with E-state index in [1.54, 1.807) is 12.1 Å². The zero-order valence-corrected chi connectivity index (χ0v) is 10.0. The first-order valence-corrected chi connectivity index (χ1v) is 5.94. The number of benzene rings is 1. The van der Waals surface area contributed by atoms with Gasteiger partial charge in [-0.2, -0.15) is 0 Å². The van der Waals surface area contributed by atoms with Crippen molar-refractivity contribution in [3.63, 3.8) is 0 Å². The molecule has 1 amide bonds. The summed E-state index contributed by atoms with van der Waals surface area (Å²) in [6.45, 7) is 3.92. The molecule has 0 aliphatic carbocycles. The van der Waals surface area contributed by atoms with Crippen LogP contribution in [0.2, 0.25) is 0 Å². The molecule has 0 unspecified atom stereocenters. The SMILES string of the molecule is CC1(NC(=O)Oc2ccccc2)CCNCC1. The summed E-state index contributed by atoms with van der Waals surface area (Å²) >= 11 is 0. The number of hydrogen-bond donors (Lipinski definition) is 2. The van der Waals surface area contributed by atoms with Crippen molar-refractivity contribution in [2.45, 2.75) is 25.3 Å². The van der Waals surface area contributed by atoms with Crippen molar-refractivity contribution in [3.8, 4) is 5.75 Å². The van der Waals surface area contributed by atoms with Gasteiger partial charge in [-0.3, -0.25) is 0 Å². The standard InChI is InChI=1S/C13H18N2O2/c1-13(7-9-14-10-8-13)15-12(16)17-11-5-3-2-4-6-11/h2-6,14H,7-10H2,1H3,(H,15,16). The molecule has 0 saturated carbocycles. The Kier molecular flexibility index (Phi) is 3.64. The van der Waals surface area contributed by atoms with Crippen molar-refractivity contribution < 1.29 is 9.53 Å². The lowest BCUT2D eigenvalue weighted by Gasteiger charge is -2.34. The molecule has 0 aromatic heterocycles. The Hall–Kier alpha value is -1.55. The highest BCUT2D eigenvalue weighted by Crippen LogP contribution is 2.17. The molecule has 17 heavy (non-hydrogen) atoms. The molecule has 1 saturated heterocycles. The predicted molar refractivity (Wildman–Crippen MR) is 66.1 cm³/mol. The monoisotopic (exact) mass is 234 g/mol. The minimum atomic E-state index is -0.374. The zero-order chi connectivity index (χ0) is 12.1. The molecule has 1 aromatic rings. The highest BCUT2D eigenvalue weighted by Gasteiger charge is 2.28. The van der Waals surface area contributed by atoms with Crippen LogP contribution in [0.5, 0.6) is 5.75 Å². The first-order valence-electron chi connectivity index (χ1n) is 5.94. The second-order valence-electron chi connectivity index (χ2n) is 4.64. The summed E-state index contributed by atoms with van der Waals surface area (Å²) in [7, 11) is 0. The van der Waals surface area contributed by atoms with Gasteiger partial charge in [0.05, 0.1) is 0 Å². The van der Waals surface area contributed by atoms with E-state index in [9.17, 15) is 4.79 Å². The van der Waals surface area contributed by atoms with Crippen LogP contribution >= 0.6 is 0 Å². The molecular formula is C13H18N2O2. The van der Waals surface area contributed by atoms with Crippen LogP contribution in [-0.2, 0) is 0 Å². The predicted octanol–water partition coefficient (Wildman–Crippen LogP) is 1.92. The van der Waals surface area contributed by atoms with E-state index in [2.05, 4.69) is 17.6 Å². The number of carbonyl (C=O) groups excluding carboxylic acids is 1. The first-order chi connectivity index (χ1) is 8.18. The molecule has 1 heterocycles. The van der Waals surface area contributed by atoms with Crippen molar-refractivity contribution in [2.75, 3.05) is 13.1 Å². The van der Waals surface area contributed by atoms with Gasteiger partial charge in [0.15, 0.2) is 0 Å². The molecule has 0 atom stereocenters. The highest BCUT2D eigenvalue weighted by molar-refractivity contribution is 5.71. The van der Waals surface area contributed by atoms with Gasteiger partial charge in [0, 0.05) is 5.54 Å². The van der Waals surface area contributed by atoms with Gasteiger partial charge in [-0.05, 0) is 45.0 Å².